The van der Waals surface area contributed by atoms with E-state index in [1.54, 1.807) is 0 Å². The Labute approximate surface area is 182 Å². The van der Waals surface area contributed by atoms with E-state index >= 15 is 0 Å². The van der Waals surface area contributed by atoms with Crippen LogP contribution in [0, 0.1) is 13.8 Å². The number of hydrogen-bond acceptors (Lipinski definition) is 5. The van der Waals surface area contributed by atoms with Crippen molar-refractivity contribution in [3.05, 3.63) is 51.1 Å². The Hall–Kier alpha value is -2.54. The van der Waals surface area contributed by atoms with E-state index in [4.69, 9.17) is 0 Å². The highest BCUT2D eigenvalue weighted by Gasteiger charge is 2.36. The highest BCUT2D eigenvalue weighted by Crippen LogP contribution is 2.36. The molecule has 5 rings (SSSR count). The first kappa shape index (κ1) is 20.4. The van der Waals surface area contributed by atoms with Gasteiger partial charge in [-0.2, -0.15) is 0 Å². The number of nitrogens with zero attached hydrogens (tertiary/aromatic N) is 5. The SMILES string of the molecule is Cc1cc(C)c2cc(C(c3nnnn3C3CCCC3)N3CCCCC3C)c(=O)[nH]c2c1. The molecule has 3 heterocycles. The maximum absolute atomic E-state index is 13.4. The number of pyridine rings is 1. The number of rotatable bonds is 4. The fourth-order valence-corrected chi connectivity index (χ4v) is 5.65. The summed E-state index contributed by atoms with van der Waals surface area (Å²) in [6.07, 6.45) is 8.12. The molecule has 0 amide bonds. The first-order chi connectivity index (χ1) is 15.0. The molecule has 7 nitrogen and oxygen atoms in total. The minimum atomic E-state index is -0.236. The van der Waals surface area contributed by atoms with E-state index in [0.717, 1.165) is 60.1 Å². The maximum Gasteiger partial charge on any atom is 0.253 e. The van der Waals surface area contributed by atoms with Crippen molar-refractivity contribution in [1.82, 2.24) is 30.1 Å². The van der Waals surface area contributed by atoms with Crippen LogP contribution in [0.3, 0.4) is 0 Å². The summed E-state index contributed by atoms with van der Waals surface area (Å²) in [7, 11) is 0. The summed E-state index contributed by atoms with van der Waals surface area (Å²) in [4.78, 5) is 19.0. The monoisotopic (exact) mass is 420 g/mol. The third-order valence-corrected chi connectivity index (χ3v) is 7.26. The predicted octanol–water partition coefficient (Wildman–Crippen LogP) is 4.21. The number of aryl methyl sites for hydroxylation is 2. The average molecular weight is 421 g/mol. The van der Waals surface area contributed by atoms with E-state index in [9.17, 15) is 4.79 Å². The second kappa shape index (κ2) is 8.19. The summed E-state index contributed by atoms with van der Waals surface area (Å²) in [5.41, 5.74) is 3.93. The van der Waals surface area contributed by atoms with Gasteiger partial charge in [-0.3, -0.25) is 9.69 Å². The first-order valence-corrected chi connectivity index (χ1v) is 11.7. The molecule has 1 aliphatic carbocycles. The Balaban J connectivity index is 1.69. The number of nitrogens with one attached hydrogen (secondary N) is 1. The molecule has 2 aromatic heterocycles. The van der Waals surface area contributed by atoms with Gasteiger partial charge in [0.2, 0.25) is 0 Å². The number of benzene rings is 1. The molecule has 1 aliphatic heterocycles. The van der Waals surface area contributed by atoms with Crippen molar-refractivity contribution in [1.29, 1.82) is 0 Å². The van der Waals surface area contributed by atoms with Gasteiger partial charge in [0.1, 0.15) is 6.04 Å². The molecule has 1 saturated carbocycles. The van der Waals surface area contributed by atoms with Crippen LogP contribution in [-0.2, 0) is 0 Å². The lowest BCUT2D eigenvalue weighted by Crippen LogP contribution is -2.43. The van der Waals surface area contributed by atoms with Gasteiger partial charge >= 0.3 is 0 Å². The zero-order valence-corrected chi connectivity index (χ0v) is 18.8. The second-order valence-corrected chi connectivity index (χ2v) is 9.50. The number of fused-ring (bicyclic) bond motifs is 1. The standard InChI is InChI=1S/C24H32N6O/c1-15-12-16(2)19-14-20(24(31)25-21(19)13-15)22(29-11-7-6-8-17(29)3)23-26-27-28-30(23)18-9-4-5-10-18/h12-14,17-18,22H,4-11H2,1-3H3,(H,25,31). The lowest BCUT2D eigenvalue weighted by molar-refractivity contribution is 0.115. The predicted molar refractivity (Wildman–Crippen MR) is 121 cm³/mol. The Morgan fingerprint density at radius 2 is 1.84 bits per heavy atom. The van der Waals surface area contributed by atoms with E-state index in [-0.39, 0.29) is 11.6 Å². The smallest absolute Gasteiger partial charge is 0.253 e. The normalized spacial score (nSPS) is 21.7. The quantitative estimate of drug-likeness (QED) is 0.684. The molecule has 2 atom stereocenters. The van der Waals surface area contributed by atoms with Crippen molar-refractivity contribution in [2.75, 3.05) is 6.54 Å². The van der Waals surface area contributed by atoms with Gasteiger partial charge in [0.15, 0.2) is 5.82 Å². The zero-order valence-electron chi connectivity index (χ0n) is 18.8. The average Bonchev–Trinajstić information content (AvgIpc) is 3.42. The van der Waals surface area contributed by atoms with E-state index in [2.05, 4.69) is 64.4 Å². The van der Waals surface area contributed by atoms with Gasteiger partial charge in [0.05, 0.1) is 6.04 Å². The summed E-state index contributed by atoms with van der Waals surface area (Å²) in [6, 6.07) is 6.78. The lowest BCUT2D eigenvalue weighted by atomic mass is 9.95. The number of H-pyrrole nitrogens is 1. The molecule has 1 saturated heterocycles. The Kier molecular flexibility index (Phi) is 5.38. The van der Waals surface area contributed by atoms with E-state index in [1.165, 1.54) is 24.8 Å². The van der Waals surface area contributed by atoms with Gasteiger partial charge in [0, 0.05) is 22.5 Å². The van der Waals surface area contributed by atoms with Gasteiger partial charge < -0.3 is 4.98 Å². The fourth-order valence-electron chi connectivity index (χ4n) is 5.65. The van der Waals surface area contributed by atoms with Crippen LogP contribution in [0.15, 0.2) is 23.0 Å². The number of piperidine rings is 1. The van der Waals surface area contributed by atoms with Crippen LogP contribution in [0.4, 0.5) is 0 Å². The summed E-state index contributed by atoms with van der Waals surface area (Å²) in [5, 5.41) is 14.1. The zero-order chi connectivity index (χ0) is 21.5. The third kappa shape index (κ3) is 3.69. The summed E-state index contributed by atoms with van der Waals surface area (Å²) in [6.45, 7) is 7.39. The second-order valence-electron chi connectivity index (χ2n) is 9.50. The Morgan fingerprint density at radius 3 is 2.61 bits per heavy atom. The minimum absolute atomic E-state index is 0.0405. The van der Waals surface area contributed by atoms with Crippen molar-refractivity contribution in [3.8, 4) is 0 Å². The topological polar surface area (TPSA) is 79.7 Å². The Bertz CT molecular complexity index is 1140. The molecule has 0 radical (unpaired) electrons. The minimum Gasteiger partial charge on any atom is -0.322 e. The number of hydrogen-bond donors (Lipinski definition) is 1. The molecule has 1 aromatic carbocycles. The summed E-state index contributed by atoms with van der Waals surface area (Å²) < 4.78 is 2.02. The van der Waals surface area contributed by atoms with Crippen molar-refractivity contribution < 1.29 is 0 Å². The summed E-state index contributed by atoms with van der Waals surface area (Å²) in [5.74, 6) is 0.815. The Morgan fingerprint density at radius 1 is 1.06 bits per heavy atom. The molecule has 0 bridgehead atoms. The van der Waals surface area contributed by atoms with Crippen LogP contribution in [0.1, 0.15) is 86.5 Å². The molecule has 7 heteroatoms. The van der Waals surface area contributed by atoms with E-state index in [0.29, 0.717) is 12.1 Å². The highest BCUT2D eigenvalue weighted by molar-refractivity contribution is 5.83. The van der Waals surface area contributed by atoms with Crippen LogP contribution in [-0.4, -0.2) is 42.7 Å². The molecule has 31 heavy (non-hydrogen) atoms. The third-order valence-electron chi connectivity index (χ3n) is 7.26. The molecule has 2 unspecified atom stereocenters. The van der Waals surface area contributed by atoms with Gasteiger partial charge in [-0.05, 0) is 86.7 Å². The molecule has 2 aliphatic rings. The van der Waals surface area contributed by atoms with Gasteiger partial charge in [0.25, 0.3) is 5.56 Å². The number of aromatic nitrogens is 5. The number of tetrazole rings is 1. The van der Waals surface area contributed by atoms with Crippen LogP contribution in [0.5, 0.6) is 0 Å². The van der Waals surface area contributed by atoms with Crippen molar-refractivity contribution in [2.24, 2.45) is 0 Å². The van der Waals surface area contributed by atoms with Crippen molar-refractivity contribution >= 4 is 10.9 Å². The first-order valence-electron chi connectivity index (χ1n) is 11.7. The highest BCUT2D eigenvalue weighted by atomic mass is 16.1. The number of likely N-dealkylation sites (tertiary alicyclic amines) is 1. The van der Waals surface area contributed by atoms with Crippen LogP contribution in [0.2, 0.25) is 0 Å². The molecular weight excluding hydrogens is 388 g/mol. The van der Waals surface area contributed by atoms with Crippen molar-refractivity contribution in [3.63, 3.8) is 0 Å². The van der Waals surface area contributed by atoms with Crippen LogP contribution >= 0.6 is 0 Å². The van der Waals surface area contributed by atoms with Crippen LogP contribution in [0.25, 0.3) is 10.9 Å². The van der Waals surface area contributed by atoms with Gasteiger partial charge in [-0.1, -0.05) is 25.3 Å². The molecular formula is C24H32N6O. The number of aromatic amines is 1. The summed E-state index contributed by atoms with van der Waals surface area (Å²) >= 11 is 0. The van der Waals surface area contributed by atoms with Crippen molar-refractivity contribution in [2.45, 2.75) is 83.8 Å². The van der Waals surface area contributed by atoms with E-state index < -0.39 is 0 Å². The molecule has 3 aromatic rings. The molecule has 0 spiro atoms. The van der Waals surface area contributed by atoms with E-state index in [1.807, 2.05) is 4.68 Å². The largest absolute Gasteiger partial charge is 0.322 e. The van der Waals surface area contributed by atoms with Gasteiger partial charge in [-0.25, -0.2) is 4.68 Å². The van der Waals surface area contributed by atoms with Gasteiger partial charge in [-0.15, -0.1) is 5.10 Å². The fraction of sp³-hybridized carbons (Fsp3) is 0.583. The molecule has 1 N–H and O–H groups in total. The molecule has 2 fully saturated rings. The molecule has 164 valence electrons. The maximum atomic E-state index is 13.4. The van der Waals surface area contributed by atoms with Crippen LogP contribution < -0.4 is 5.56 Å². The lowest BCUT2D eigenvalue weighted by Gasteiger charge is -2.39.